The van der Waals surface area contributed by atoms with Crippen LogP contribution in [0.2, 0.25) is 0 Å². The van der Waals surface area contributed by atoms with E-state index in [2.05, 4.69) is 24.3 Å². The van der Waals surface area contributed by atoms with Crippen molar-refractivity contribution in [1.82, 2.24) is 0 Å². The first-order chi connectivity index (χ1) is 14.2. The van der Waals surface area contributed by atoms with Crippen LogP contribution in [0.4, 0.5) is 0 Å². The Morgan fingerprint density at radius 3 is 1.93 bits per heavy atom. The van der Waals surface area contributed by atoms with Gasteiger partial charge in [0.2, 0.25) is 0 Å². The molecule has 2 nitrogen and oxygen atoms in total. The van der Waals surface area contributed by atoms with Crippen LogP contribution in [0, 0.1) is 0 Å². The second kappa shape index (κ2) is 11.3. The largest absolute Gasteiger partial charge is 0.508 e. The summed E-state index contributed by atoms with van der Waals surface area (Å²) in [6.07, 6.45) is 4.96. The van der Waals surface area contributed by atoms with E-state index in [0.717, 1.165) is 21.3 Å². The van der Waals surface area contributed by atoms with Crippen LogP contribution in [-0.2, 0) is 16.3 Å². The molecule has 3 rings (SSSR count). The lowest BCUT2D eigenvalue weighted by atomic mass is 10.2. The molecule has 0 amide bonds. The van der Waals surface area contributed by atoms with Crippen molar-refractivity contribution < 1.29 is 9.90 Å². The van der Waals surface area contributed by atoms with Gasteiger partial charge in [0.25, 0.3) is 0 Å². The molecule has 3 aromatic rings. The van der Waals surface area contributed by atoms with Crippen molar-refractivity contribution >= 4 is 35.4 Å². The number of allylic oxidation sites excluding steroid dienone is 2. The van der Waals surface area contributed by atoms with Crippen LogP contribution >= 0.6 is 23.5 Å². The Bertz CT molecular complexity index is 934. The molecule has 0 saturated carbocycles. The first kappa shape index (κ1) is 21.0. The van der Waals surface area contributed by atoms with Gasteiger partial charge in [-0.05, 0) is 34.9 Å². The molecule has 0 aromatic heterocycles. The number of aromatic hydroxyl groups is 1. The maximum atomic E-state index is 12.5. The first-order valence-electron chi connectivity index (χ1n) is 9.25. The van der Waals surface area contributed by atoms with Crippen LogP contribution in [0.3, 0.4) is 0 Å². The fraction of sp³-hybridized carbons (Fsp3) is 0.0800. The normalized spacial score (nSPS) is 10.8. The van der Waals surface area contributed by atoms with Gasteiger partial charge in [-0.1, -0.05) is 78.9 Å². The number of phenols is 1. The van der Waals surface area contributed by atoms with E-state index < -0.39 is 0 Å². The molecule has 4 heteroatoms. The summed E-state index contributed by atoms with van der Waals surface area (Å²) in [7, 11) is 0. The van der Waals surface area contributed by atoms with Gasteiger partial charge in [0.05, 0.1) is 0 Å². The zero-order valence-electron chi connectivity index (χ0n) is 15.9. The number of carbonyl (C=O) groups is 1. The van der Waals surface area contributed by atoms with E-state index in [1.54, 1.807) is 60.0 Å². The minimum Gasteiger partial charge on any atom is -0.508 e. The third-order valence-electron chi connectivity index (χ3n) is 4.02. The molecule has 0 radical (unpaired) electrons. The standard InChI is InChI=1S/C25H22O2S2/c26-23-13-7-12-20(16-23)14-15-24(27)17-25(28-18-21-8-3-1-4-9-21)29-19-22-10-5-2-6-11-22/h1-17,26H,18-19H2. The minimum atomic E-state index is -0.0653. The number of thioether (sulfide) groups is 2. The van der Waals surface area contributed by atoms with E-state index >= 15 is 0 Å². The third-order valence-corrected chi connectivity index (χ3v) is 6.49. The number of hydrogen-bond donors (Lipinski definition) is 1. The smallest absolute Gasteiger partial charge is 0.180 e. The highest BCUT2D eigenvalue weighted by Gasteiger charge is 2.05. The lowest BCUT2D eigenvalue weighted by Crippen LogP contribution is -1.89. The molecule has 0 aliphatic rings. The lowest BCUT2D eigenvalue weighted by molar-refractivity contribution is -0.110. The highest BCUT2D eigenvalue weighted by molar-refractivity contribution is 8.21. The van der Waals surface area contributed by atoms with Crippen LogP contribution in [0.15, 0.2) is 101 Å². The third kappa shape index (κ3) is 7.68. The quantitative estimate of drug-likeness (QED) is 0.393. The average Bonchev–Trinajstić information content (AvgIpc) is 2.76. The number of rotatable bonds is 9. The van der Waals surface area contributed by atoms with Gasteiger partial charge in [0.1, 0.15) is 5.75 Å². The summed E-state index contributed by atoms with van der Waals surface area (Å²) >= 11 is 3.35. The van der Waals surface area contributed by atoms with Crippen LogP contribution in [0.25, 0.3) is 6.08 Å². The average molecular weight is 419 g/mol. The summed E-state index contributed by atoms with van der Waals surface area (Å²) in [5.41, 5.74) is 3.25. The molecule has 0 aliphatic heterocycles. The van der Waals surface area contributed by atoms with Gasteiger partial charge >= 0.3 is 0 Å². The van der Waals surface area contributed by atoms with Crippen molar-refractivity contribution in [3.63, 3.8) is 0 Å². The molecule has 0 aliphatic carbocycles. The highest BCUT2D eigenvalue weighted by Crippen LogP contribution is 2.33. The number of benzene rings is 3. The summed E-state index contributed by atoms with van der Waals surface area (Å²) in [5, 5.41) is 9.54. The van der Waals surface area contributed by atoms with Gasteiger partial charge in [0, 0.05) is 21.8 Å². The molecular formula is C25H22O2S2. The molecule has 0 heterocycles. The minimum absolute atomic E-state index is 0.0653. The molecule has 146 valence electrons. The second-order valence-corrected chi connectivity index (χ2v) is 8.64. The van der Waals surface area contributed by atoms with E-state index in [-0.39, 0.29) is 11.5 Å². The SMILES string of the molecule is O=C(C=Cc1cccc(O)c1)C=C(SCc1ccccc1)SCc1ccccc1. The van der Waals surface area contributed by atoms with Gasteiger partial charge < -0.3 is 5.11 Å². The number of phenolic OH excluding ortho intramolecular Hbond substituents is 1. The Morgan fingerprint density at radius 2 is 1.38 bits per heavy atom. The van der Waals surface area contributed by atoms with Gasteiger partial charge in [-0.15, -0.1) is 23.5 Å². The number of carbonyl (C=O) groups excluding carboxylic acids is 1. The summed E-state index contributed by atoms with van der Waals surface area (Å²) in [5.74, 6) is 1.76. The van der Waals surface area contributed by atoms with Crippen molar-refractivity contribution in [1.29, 1.82) is 0 Å². The summed E-state index contributed by atoms with van der Waals surface area (Å²) < 4.78 is 0.989. The Morgan fingerprint density at radius 1 is 0.793 bits per heavy atom. The molecule has 0 saturated heterocycles. The Kier molecular flexibility index (Phi) is 8.23. The molecule has 29 heavy (non-hydrogen) atoms. The van der Waals surface area contributed by atoms with Crippen molar-refractivity contribution in [2.75, 3.05) is 0 Å². The van der Waals surface area contributed by atoms with Crippen molar-refractivity contribution in [2.24, 2.45) is 0 Å². The number of ketones is 1. The lowest BCUT2D eigenvalue weighted by Gasteiger charge is -2.07. The van der Waals surface area contributed by atoms with Gasteiger partial charge in [-0.2, -0.15) is 0 Å². The summed E-state index contributed by atoms with van der Waals surface area (Å²) in [4.78, 5) is 12.5. The fourth-order valence-corrected chi connectivity index (χ4v) is 4.64. The molecule has 0 atom stereocenters. The predicted molar refractivity (Wildman–Crippen MR) is 126 cm³/mol. The monoisotopic (exact) mass is 418 g/mol. The Balaban J connectivity index is 1.68. The van der Waals surface area contributed by atoms with E-state index in [0.29, 0.717) is 0 Å². The summed E-state index contributed by atoms with van der Waals surface area (Å²) in [6, 6.07) is 27.3. The van der Waals surface area contributed by atoms with Crippen molar-refractivity contribution in [3.8, 4) is 5.75 Å². The van der Waals surface area contributed by atoms with E-state index in [1.807, 2.05) is 42.5 Å². The first-order valence-corrected chi connectivity index (χ1v) is 11.2. The molecule has 0 unspecified atom stereocenters. The van der Waals surface area contributed by atoms with Crippen molar-refractivity contribution in [2.45, 2.75) is 11.5 Å². The van der Waals surface area contributed by atoms with Gasteiger partial charge in [-0.25, -0.2) is 0 Å². The Hall–Kier alpha value is -2.69. The topological polar surface area (TPSA) is 37.3 Å². The Labute approximate surface area is 180 Å². The molecule has 0 spiro atoms. The van der Waals surface area contributed by atoms with Crippen LogP contribution in [0.5, 0.6) is 5.75 Å². The molecule has 1 N–H and O–H groups in total. The van der Waals surface area contributed by atoms with Gasteiger partial charge in [0.15, 0.2) is 5.78 Å². The summed E-state index contributed by atoms with van der Waals surface area (Å²) in [6.45, 7) is 0. The van der Waals surface area contributed by atoms with Gasteiger partial charge in [-0.3, -0.25) is 4.79 Å². The van der Waals surface area contributed by atoms with Crippen LogP contribution in [0.1, 0.15) is 16.7 Å². The molecule has 0 bridgehead atoms. The van der Waals surface area contributed by atoms with E-state index in [1.165, 1.54) is 11.1 Å². The molecular weight excluding hydrogens is 396 g/mol. The predicted octanol–water partition coefficient (Wildman–Crippen LogP) is 6.68. The maximum Gasteiger partial charge on any atom is 0.180 e. The van der Waals surface area contributed by atoms with Crippen molar-refractivity contribution in [3.05, 3.63) is 118 Å². The molecule has 0 fully saturated rings. The van der Waals surface area contributed by atoms with Crippen LogP contribution < -0.4 is 0 Å². The highest BCUT2D eigenvalue weighted by atomic mass is 32.2. The fourth-order valence-electron chi connectivity index (χ4n) is 2.55. The van der Waals surface area contributed by atoms with E-state index in [4.69, 9.17) is 0 Å². The number of hydrogen-bond acceptors (Lipinski definition) is 4. The maximum absolute atomic E-state index is 12.5. The van der Waals surface area contributed by atoms with E-state index in [9.17, 15) is 9.90 Å². The molecule has 3 aromatic carbocycles. The zero-order chi connectivity index (χ0) is 20.3. The van der Waals surface area contributed by atoms with Crippen LogP contribution in [-0.4, -0.2) is 10.9 Å². The zero-order valence-corrected chi connectivity index (χ0v) is 17.5. The second-order valence-electron chi connectivity index (χ2n) is 6.34.